The molecule has 3 amide bonds. The fraction of sp³-hybridized carbons (Fsp3) is 0.500. The van der Waals surface area contributed by atoms with E-state index in [2.05, 4.69) is 15.6 Å². The van der Waals surface area contributed by atoms with Crippen molar-refractivity contribution in [3.63, 3.8) is 0 Å². The number of ether oxygens (including phenoxy) is 1. The van der Waals surface area contributed by atoms with Gasteiger partial charge in [0.05, 0.1) is 29.3 Å². The van der Waals surface area contributed by atoms with Crippen molar-refractivity contribution in [1.82, 2.24) is 20.2 Å². The van der Waals surface area contributed by atoms with Crippen molar-refractivity contribution in [3.8, 4) is 0 Å². The Morgan fingerprint density at radius 3 is 2.90 bits per heavy atom. The highest BCUT2D eigenvalue weighted by atomic mass is 32.2. The number of urea groups is 1. The van der Waals surface area contributed by atoms with Gasteiger partial charge in [-0.2, -0.15) is 0 Å². The topological polar surface area (TPSA) is 102 Å². The van der Waals surface area contributed by atoms with Crippen molar-refractivity contribution in [2.24, 2.45) is 0 Å². The van der Waals surface area contributed by atoms with Gasteiger partial charge in [-0.3, -0.25) is 19.5 Å². The van der Waals surface area contributed by atoms with Crippen LogP contribution in [0.25, 0.3) is 10.9 Å². The molecule has 0 spiro atoms. The second-order valence-electron chi connectivity index (χ2n) is 7.08. The number of para-hydroxylation sites is 1. The predicted octanol–water partition coefficient (Wildman–Crippen LogP) is 2.29. The van der Waals surface area contributed by atoms with Crippen molar-refractivity contribution in [2.75, 3.05) is 12.4 Å². The number of fused-ring (bicyclic) bond motifs is 1. The maximum absolute atomic E-state index is 13.0. The number of nitrogens with zero attached hydrogens (tertiary/aromatic N) is 2. The molecule has 29 heavy (non-hydrogen) atoms. The number of hydrogen-bond donors (Lipinski definition) is 2. The summed E-state index contributed by atoms with van der Waals surface area (Å²) in [5.74, 6) is -0.466. The molecule has 0 bridgehead atoms. The smallest absolute Gasteiger partial charge is 0.321 e. The molecule has 1 fully saturated rings. The molecule has 1 aromatic carbocycles. The molecule has 156 valence electrons. The van der Waals surface area contributed by atoms with Crippen LogP contribution in [0.1, 0.15) is 33.1 Å². The minimum absolute atomic E-state index is 0.0193. The number of amides is 3. The molecule has 0 unspecified atom stereocenters. The fourth-order valence-electron chi connectivity index (χ4n) is 3.07. The van der Waals surface area contributed by atoms with Crippen LogP contribution in [0.4, 0.5) is 4.79 Å². The Kier molecular flexibility index (Phi) is 7.27. The highest BCUT2D eigenvalue weighted by Crippen LogP contribution is 2.20. The summed E-state index contributed by atoms with van der Waals surface area (Å²) in [7, 11) is 0. The molecule has 0 aliphatic carbocycles. The first-order valence-electron chi connectivity index (χ1n) is 9.82. The van der Waals surface area contributed by atoms with Crippen LogP contribution in [0.2, 0.25) is 0 Å². The molecule has 3 rings (SSSR count). The van der Waals surface area contributed by atoms with Crippen LogP contribution in [0.3, 0.4) is 0 Å². The van der Waals surface area contributed by atoms with Crippen molar-refractivity contribution >= 4 is 34.6 Å². The third-order valence-electron chi connectivity index (χ3n) is 4.81. The van der Waals surface area contributed by atoms with E-state index >= 15 is 0 Å². The van der Waals surface area contributed by atoms with Crippen LogP contribution in [0.5, 0.6) is 0 Å². The SMILES string of the molecule is CC[C@@H](C)NC(=O)NC(=O)CSc1nc2ccccc2c(=O)n1C[C@@H]1CCCO1. The number of rotatable bonds is 7. The number of hydrogen-bond acceptors (Lipinski definition) is 6. The Morgan fingerprint density at radius 2 is 2.17 bits per heavy atom. The Hall–Kier alpha value is -2.39. The van der Waals surface area contributed by atoms with E-state index in [1.807, 2.05) is 19.9 Å². The molecule has 1 saturated heterocycles. The van der Waals surface area contributed by atoms with Gasteiger partial charge in [-0.25, -0.2) is 9.78 Å². The van der Waals surface area contributed by atoms with E-state index < -0.39 is 11.9 Å². The molecule has 2 heterocycles. The maximum atomic E-state index is 13.0. The number of nitrogens with one attached hydrogen (secondary N) is 2. The molecule has 8 nitrogen and oxygen atoms in total. The van der Waals surface area contributed by atoms with Gasteiger partial charge in [-0.05, 0) is 38.3 Å². The van der Waals surface area contributed by atoms with Gasteiger partial charge in [0.15, 0.2) is 5.16 Å². The zero-order valence-electron chi connectivity index (χ0n) is 16.6. The summed E-state index contributed by atoms with van der Waals surface area (Å²) in [6, 6.07) is 6.60. The van der Waals surface area contributed by atoms with Gasteiger partial charge in [0.25, 0.3) is 5.56 Å². The van der Waals surface area contributed by atoms with Crippen LogP contribution < -0.4 is 16.2 Å². The van der Waals surface area contributed by atoms with E-state index in [0.29, 0.717) is 29.2 Å². The molecule has 1 aliphatic rings. The zero-order valence-corrected chi connectivity index (χ0v) is 17.5. The summed E-state index contributed by atoms with van der Waals surface area (Å²) in [4.78, 5) is 41.6. The van der Waals surface area contributed by atoms with Crippen molar-refractivity contribution in [3.05, 3.63) is 34.6 Å². The summed E-state index contributed by atoms with van der Waals surface area (Å²) in [6.45, 7) is 4.90. The van der Waals surface area contributed by atoms with Crippen LogP contribution in [-0.4, -0.2) is 46.0 Å². The summed E-state index contributed by atoms with van der Waals surface area (Å²) in [6.07, 6.45) is 2.59. The number of carbonyl (C=O) groups is 2. The monoisotopic (exact) mass is 418 g/mol. The standard InChI is InChI=1S/C20H26N4O4S/c1-3-13(2)21-19(27)23-17(25)12-29-20-22-16-9-5-4-8-15(16)18(26)24(20)11-14-7-6-10-28-14/h4-5,8-9,13-14H,3,6-7,10-12H2,1-2H3,(H2,21,23,25,27)/t13-,14+/m1/s1. The van der Waals surface area contributed by atoms with E-state index in [9.17, 15) is 14.4 Å². The first-order chi connectivity index (χ1) is 14.0. The number of carbonyl (C=O) groups excluding carboxylic acids is 2. The molecule has 0 saturated carbocycles. The van der Waals surface area contributed by atoms with Crippen molar-refractivity contribution in [2.45, 2.75) is 57.0 Å². The van der Waals surface area contributed by atoms with Crippen LogP contribution >= 0.6 is 11.8 Å². The van der Waals surface area contributed by atoms with E-state index in [-0.39, 0.29) is 23.5 Å². The second kappa shape index (κ2) is 9.89. The lowest BCUT2D eigenvalue weighted by Gasteiger charge is -2.16. The van der Waals surface area contributed by atoms with Crippen molar-refractivity contribution in [1.29, 1.82) is 0 Å². The third kappa shape index (κ3) is 5.57. The minimum Gasteiger partial charge on any atom is -0.376 e. The predicted molar refractivity (Wildman–Crippen MR) is 112 cm³/mol. The normalized spacial score (nSPS) is 17.2. The largest absolute Gasteiger partial charge is 0.376 e. The van der Waals surface area contributed by atoms with E-state index in [1.54, 1.807) is 22.8 Å². The molecule has 2 N–H and O–H groups in total. The average molecular weight is 419 g/mol. The lowest BCUT2D eigenvalue weighted by Crippen LogP contribution is -2.44. The Balaban J connectivity index is 1.75. The quantitative estimate of drug-likeness (QED) is 0.528. The average Bonchev–Trinajstić information content (AvgIpc) is 3.22. The van der Waals surface area contributed by atoms with Gasteiger partial charge >= 0.3 is 6.03 Å². The molecule has 2 aromatic rings. The molecular formula is C20H26N4O4S. The van der Waals surface area contributed by atoms with Crippen LogP contribution in [-0.2, 0) is 16.1 Å². The van der Waals surface area contributed by atoms with Gasteiger partial charge in [0.2, 0.25) is 5.91 Å². The Labute approximate surface area is 173 Å². The molecule has 2 atom stereocenters. The first kappa shape index (κ1) is 21.3. The summed E-state index contributed by atoms with van der Waals surface area (Å²) >= 11 is 1.14. The maximum Gasteiger partial charge on any atom is 0.321 e. The lowest BCUT2D eigenvalue weighted by atomic mass is 10.2. The molecule has 0 radical (unpaired) electrons. The summed E-state index contributed by atoms with van der Waals surface area (Å²) in [5.41, 5.74) is 0.432. The molecule has 9 heteroatoms. The van der Waals surface area contributed by atoms with Crippen LogP contribution in [0, 0.1) is 0 Å². The number of aromatic nitrogens is 2. The summed E-state index contributed by atoms with van der Waals surface area (Å²) < 4.78 is 7.25. The number of imide groups is 1. The van der Waals surface area contributed by atoms with Gasteiger partial charge < -0.3 is 10.1 Å². The molecular weight excluding hydrogens is 392 g/mol. The van der Waals surface area contributed by atoms with Gasteiger partial charge in [-0.15, -0.1) is 0 Å². The van der Waals surface area contributed by atoms with Gasteiger partial charge in [-0.1, -0.05) is 30.8 Å². The van der Waals surface area contributed by atoms with Crippen LogP contribution in [0.15, 0.2) is 34.2 Å². The third-order valence-corrected chi connectivity index (χ3v) is 5.79. The highest BCUT2D eigenvalue weighted by molar-refractivity contribution is 7.99. The lowest BCUT2D eigenvalue weighted by molar-refractivity contribution is -0.117. The number of benzene rings is 1. The van der Waals surface area contributed by atoms with Crippen molar-refractivity contribution < 1.29 is 14.3 Å². The Morgan fingerprint density at radius 1 is 1.38 bits per heavy atom. The highest BCUT2D eigenvalue weighted by Gasteiger charge is 2.21. The fourth-order valence-corrected chi connectivity index (χ4v) is 3.87. The second-order valence-corrected chi connectivity index (χ2v) is 8.02. The zero-order chi connectivity index (χ0) is 20.8. The first-order valence-corrected chi connectivity index (χ1v) is 10.8. The minimum atomic E-state index is -0.520. The van der Waals surface area contributed by atoms with Gasteiger partial charge in [0.1, 0.15) is 0 Å². The number of thioether (sulfide) groups is 1. The van der Waals surface area contributed by atoms with E-state index in [0.717, 1.165) is 31.0 Å². The van der Waals surface area contributed by atoms with E-state index in [4.69, 9.17) is 4.74 Å². The van der Waals surface area contributed by atoms with E-state index in [1.165, 1.54) is 0 Å². The molecule has 1 aliphatic heterocycles. The van der Waals surface area contributed by atoms with Gasteiger partial charge in [0, 0.05) is 12.6 Å². The Bertz CT molecular complexity index is 940. The summed E-state index contributed by atoms with van der Waals surface area (Å²) in [5, 5.41) is 5.97. The molecule has 1 aromatic heterocycles.